The maximum absolute atomic E-state index is 12.3. The number of nitrogen functional groups attached to an aromatic ring is 1. The van der Waals surface area contributed by atoms with Crippen molar-refractivity contribution in [3.63, 3.8) is 0 Å². The van der Waals surface area contributed by atoms with Gasteiger partial charge in [-0.3, -0.25) is 4.79 Å². The summed E-state index contributed by atoms with van der Waals surface area (Å²) in [6.07, 6.45) is 8.01. The zero-order valence-electron chi connectivity index (χ0n) is 13.6. The first-order valence-corrected chi connectivity index (χ1v) is 8.61. The van der Waals surface area contributed by atoms with Crippen LogP contribution in [-0.4, -0.2) is 9.55 Å². The highest BCUT2D eigenvalue weighted by atomic mass is 16.1. The molecule has 1 aliphatic carbocycles. The van der Waals surface area contributed by atoms with Crippen molar-refractivity contribution >= 4 is 16.7 Å². The molecule has 4 heteroatoms. The highest BCUT2D eigenvalue weighted by Gasteiger charge is 2.18. The van der Waals surface area contributed by atoms with Crippen molar-refractivity contribution in [3.8, 4) is 11.3 Å². The summed E-state index contributed by atoms with van der Waals surface area (Å²) in [6.45, 7) is 0. The third-order valence-corrected chi connectivity index (χ3v) is 4.98. The summed E-state index contributed by atoms with van der Waals surface area (Å²) < 4.78 is 2.24. The van der Waals surface area contributed by atoms with E-state index in [4.69, 9.17) is 5.73 Å². The molecule has 0 bridgehead atoms. The van der Waals surface area contributed by atoms with E-state index in [9.17, 15) is 4.79 Å². The first-order chi connectivity index (χ1) is 11.7. The Kier molecular flexibility index (Phi) is 3.81. The van der Waals surface area contributed by atoms with Crippen molar-refractivity contribution in [2.75, 3.05) is 5.73 Å². The summed E-state index contributed by atoms with van der Waals surface area (Å²) >= 11 is 0. The predicted octanol–water partition coefficient (Wildman–Crippen LogP) is 4.15. The Morgan fingerprint density at radius 3 is 2.54 bits per heavy atom. The van der Waals surface area contributed by atoms with E-state index in [1.54, 1.807) is 6.07 Å². The Balaban J connectivity index is 1.95. The number of anilines is 1. The molecule has 0 saturated heterocycles. The summed E-state index contributed by atoms with van der Waals surface area (Å²) in [7, 11) is 0. The molecule has 0 atom stereocenters. The summed E-state index contributed by atoms with van der Waals surface area (Å²) in [5.74, 6) is 0.321. The van der Waals surface area contributed by atoms with Gasteiger partial charge in [-0.05, 0) is 18.9 Å². The van der Waals surface area contributed by atoms with Crippen LogP contribution in [0, 0.1) is 0 Å². The number of hydrogen-bond acceptors (Lipinski definition) is 3. The zero-order chi connectivity index (χ0) is 16.5. The van der Waals surface area contributed by atoms with Gasteiger partial charge in [0.2, 0.25) is 0 Å². The van der Waals surface area contributed by atoms with E-state index in [0.717, 1.165) is 29.6 Å². The van der Waals surface area contributed by atoms with Crippen molar-refractivity contribution in [2.24, 2.45) is 0 Å². The number of rotatable bonds is 2. The monoisotopic (exact) mass is 319 g/mol. The van der Waals surface area contributed by atoms with Crippen LogP contribution in [0.1, 0.15) is 38.1 Å². The summed E-state index contributed by atoms with van der Waals surface area (Å²) in [5.41, 5.74) is 8.85. The SMILES string of the molecule is Nc1nc(-c2ccccc2)cc2c1c(=O)ccn2C1CCCCC1. The standard InChI is InChI=1S/C20H21N3O/c21-20-19-17(13-16(22-20)14-7-3-1-4-8-14)23(12-11-18(19)24)15-9-5-2-6-10-15/h1,3-4,7-8,11-13,15H,2,5-6,9-10H2,(H2,21,22). The smallest absolute Gasteiger partial charge is 0.193 e. The molecule has 24 heavy (non-hydrogen) atoms. The summed E-state index contributed by atoms with van der Waals surface area (Å²) in [5, 5.41) is 0.544. The Labute approximate surface area is 141 Å². The Hall–Kier alpha value is -2.62. The van der Waals surface area contributed by atoms with Crippen LogP contribution in [0.2, 0.25) is 0 Å². The van der Waals surface area contributed by atoms with Crippen molar-refractivity contribution in [2.45, 2.75) is 38.1 Å². The number of pyridine rings is 2. The van der Waals surface area contributed by atoms with Crippen LogP contribution < -0.4 is 11.2 Å². The van der Waals surface area contributed by atoms with Crippen molar-refractivity contribution in [1.29, 1.82) is 0 Å². The Morgan fingerprint density at radius 2 is 1.79 bits per heavy atom. The van der Waals surface area contributed by atoms with Crippen molar-refractivity contribution in [1.82, 2.24) is 9.55 Å². The van der Waals surface area contributed by atoms with E-state index in [1.807, 2.05) is 42.6 Å². The molecule has 3 aromatic rings. The molecule has 2 N–H and O–H groups in total. The Bertz CT molecular complexity index is 925. The quantitative estimate of drug-likeness (QED) is 0.772. The molecular formula is C20H21N3O. The molecule has 2 aromatic heterocycles. The minimum absolute atomic E-state index is 0.0540. The fourth-order valence-electron chi connectivity index (χ4n) is 3.75. The lowest BCUT2D eigenvalue weighted by Gasteiger charge is -2.26. The molecule has 1 aliphatic rings. The molecule has 122 valence electrons. The van der Waals surface area contributed by atoms with Crippen LogP contribution in [-0.2, 0) is 0 Å². The van der Waals surface area contributed by atoms with Gasteiger partial charge in [0.1, 0.15) is 5.82 Å². The van der Waals surface area contributed by atoms with Crippen LogP contribution >= 0.6 is 0 Å². The average molecular weight is 319 g/mol. The van der Waals surface area contributed by atoms with Crippen LogP contribution in [0.4, 0.5) is 5.82 Å². The second-order valence-electron chi connectivity index (χ2n) is 6.53. The normalized spacial score (nSPS) is 15.7. The van der Waals surface area contributed by atoms with Gasteiger partial charge in [-0.15, -0.1) is 0 Å². The molecule has 0 spiro atoms. The lowest BCUT2D eigenvalue weighted by molar-refractivity contribution is 0.359. The van der Waals surface area contributed by atoms with Gasteiger partial charge in [-0.1, -0.05) is 49.6 Å². The number of fused-ring (bicyclic) bond motifs is 1. The third kappa shape index (κ3) is 2.58. The molecule has 0 radical (unpaired) electrons. The minimum Gasteiger partial charge on any atom is -0.383 e. The number of nitrogens with zero attached hydrogens (tertiary/aromatic N) is 2. The van der Waals surface area contributed by atoms with E-state index in [1.165, 1.54) is 19.3 Å². The molecule has 4 nitrogen and oxygen atoms in total. The van der Waals surface area contributed by atoms with Crippen LogP contribution in [0.15, 0.2) is 53.5 Å². The van der Waals surface area contributed by atoms with Gasteiger partial charge >= 0.3 is 0 Å². The molecular weight excluding hydrogens is 298 g/mol. The molecule has 0 aliphatic heterocycles. The van der Waals surface area contributed by atoms with Crippen molar-refractivity contribution in [3.05, 3.63) is 58.9 Å². The van der Waals surface area contributed by atoms with Gasteiger partial charge in [0.25, 0.3) is 0 Å². The first-order valence-electron chi connectivity index (χ1n) is 8.61. The number of aromatic nitrogens is 2. The zero-order valence-corrected chi connectivity index (χ0v) is 13.6. The molecule has 2 heterocycles. The second-order valence-corrected chi connectivity index (χ2v) is 6.53. The van der Waals surface area contributed by atoms with E-state index in [0.29, 0.717) is 17.2 Å². The summed E-state index contributed by atoms with van der Waals surface area (Å²) in [4.78, 5) is 16.8. The molecule has 0 amide bonds. The molecule has 0 unspecified atom stereocenters. The van der Waals surface area contributed by atoms with Gasteiger partial charge in [0.05, 0.1) is 16.6 Å². The van der Waals surface area contributed by atoms with E-state index in [2.05, 4.69) is 9.55 Å². The van der Waals surface area contributed by atoms with Crippen LogP contribution in [0.25, 0.3) is 22.2 Å². The Morgan fingerprint density at radius 1 is 1.04 bits per heavy atom. The maximum Gasteiger partial charge on any atom is 0.193 e. The van der Waals surface area contributed by atoms with Crippen molar-refractivity contribution < 1.29 is 0 Å². The fraction of sp³-hybridized carbons (Fsp3) is 0.300. The van der Waals surface area contributed by atoms with E-state index in [-0.39, 0.29) is 5.43 Å². The summed E-state index contributed by atoms with van der Waals surface area (Å²) in [6, 6.07) is 14.0. The van der Waals surface area contributed by atoms with Gasteiger partial charge in [0, 0.05) is 23.9 Å². The highest BCUT2D eigenvalue weighted by Crippen LogP contribution is 2.32. The first kappa shape index (κ1) is 14.9. The van der Waals surface area contributed by atoms with E-state index < -0.39 is 0 Å². The lowest BCUT2D eigenvalue weighted by atomic mass is 9.94. The van der Waals surface area contributed by atoms with Crippen LogP contribution in [0.5, 0.6) is 0 Å². The molecule has 1 saturated carbocycles. The number of nitrogens with two attached hydrogens (primary N) is 1. The fourth-order valence-corrected chi connectivity index (χ4v) is 3.75. The molecule has 4 rings (SSSR count). The second kappa shape index (κ2) is 6.11. The van der Waals surface area contributed by atoms with Gasteiger partial charge < -0.3 is 10.3 Å². The largest absolute Gasteiger partial charge is 0.383 e. The average Bonchev–Trinajstić information content (AvgIpc) is 2.63. The number of hydrogen-bond donors (Lipinski definition) is 1. The third-order valence-electron chi connectivity index (χ3n) is 4.98. The van der Waals surface area contributed by atoms with Gasteiger partial charge in [0.15, 0.2) is 5.43 Å². The van der Waals surface area contributed by atoms with Gasteiger partial charge in [-0.25, -0.2) is 4.98 Å². The van der Waals surface area contributed by atoms with Crippen LogP contribution in [0.3, 0.4) is 0 Å². The molecule has 1 aromatic carbocycles. The maximum atomic E-state index is 12.3. The topological polar surface area (TPSA) is 60.9 Å². The highest BCUT2D eigenvalue weighted by molar-refractivity contribution is 5.91. The molecule has 1 fully saturated rings. The minimum atomic E-state index is -0.0540. The predicted molar refractivity (Wildman–Crippen MR) is 98.0 cm³/mol. The van der Waals surface area contributed by atoms with Gasteiger partial charge in [-0.2, -0.15) is 0 Å². The number of benzene rings is 1. The van der Waals surface area contributed by atoms with E-state index >= 15 is 0 Å². The lowest BCUT2D eigenvalue weighted by Crippen LogP contribution is -2.17.